The third kappa shape index (κ3) is 8.44. The largest absolute Gasteiger partial charge is 0.497 e. The molecule has 2 aromatic rings. The van der Waals surface area contributed by atoms with Crippen LogP contribution in [0.1, 0.15) is 51.2 Å². The minimum atomic E-state index is -1.38. The normalized spacial score (nSPS) is 15.1. The molecule has 0 saturated carbocycles. The molecule has 0 bridgehead atoms. The lowest BCUT2D eigenvalue weighted by Gasteiger charge is -2.38. The summed E-state index contributed by atoms with van der Waals surface area (Å²) in [6, 6.07) is 11.7. The third-order valence-corrected chi connectivity index (χ3v) is 8.73. The second-order valence-corrected chi connectivity index (χ2v) is 12.9. The monoisotopic (exact) mass is 572 g/mol. The number of carbonyl (C=O) groups is 2. The van der Waals surface area contributed by atoms with Crippen molar-refractivity contribution in [3.05, 3.63) is 47.5 Å². The fourth-order valence-corrected chi connectivity index (χ4v) is 6.01. The summed E-state index contributed by atoms with van der Waals surface area (Å²) in [5.41, 5.74) is 3.08. The van der Waals surface area contributed by atoms with E-state index in [0.717, 1.165) is 59.1 Å². The van der Waals surface area contributed by atoms with Crippen LogP contribution in [-0.2, 0) is 20.5 Å². The lowest BCUT2D eigenvalue weighted by atomic mass is 10.0. The number of nitrogens with one attached hydrogen (secondary N) is 1. The summed E-state index contributed by atoms with van der Waals surface area (Å²) >= 11 is 0. The first-order valence-electron chi connectivity index (χ1n) is 13.7. The smallest absolute Gasteiger partial charge is 0.410 e. The van der Waals surface area contributed by atoms with Gasteiger partial charge in [-0.2, -0.15) is 0 Å². The highest BCUT2D eigenvalue weighted by Crippen LogP contribution is 2.27. The van der Waals surface area contributed by atoms with Crippen LogP contribution in [0.4, 0.5) is 16.2 Å². The molecule has 220 valence electrons. The maximum Gasteiger partial charge on any atom is 0.410 e. The predicted molar refractivity (Wildman–Crippen MR) is 160 cm³/mol. The number of amides is 2. The van der Waals surface area contributed by atoms with Gasteiger partial charge in [-0.15, -0.1) is 0 Å². The molecule has 1 heterocycles. The summed E-state index contributed by atoms with van der Waals surface area (Å²) < 4.78 is 25.6. The van der Waals surface area contributed by atoms with E-state index in [1.54, 1.807) is 23.4 Å². The average molecular weight is 573 g/mol. The van der Waals surface area contributed by atoms with Crippen LogP contribution in [0.5, 0.6) is 5.75 Å². The zero-order valence-corrected chi connectivity index (χ0v) is 25.9. The van der Waals surface area contributed by atoms with Crippen LogP contribution >= 0.6 is 0 Å². The van der Waals surface area contributed by atoms with Crippen LogP contribution in [0.25, 0.3) is 0 Å². The Bertz CT molecular complexity index is 1180. The standard InChI is InChI=1S/C30H44N4O5S/c1-21-19-26(38-8)20-22(2)28(21)40(37)32(6)16-15-27(35)31-23-9-11-25(12-10-23)34-17-13-24(14-18-34)33(7)29(36)39-30(3,4)5/h9-12,19-20,24H,13-18H2,1-8H3,(H,31,35). The van der Waals surface area contributed by atoms with E-state index in [9.17, 15) is 13.8 Å². The van der Waals surface area contributed by atoms with E-state index < -0.39 is 16.6 Å². The molecule has 1 aliphatic rings. The zero-order chi connectivity index (χ0) is 29.6. The number of aryl methyl sites for hydroxylation is 2. The Morgan fingerprint density at radius 1 is 1.05 bits per heavy atom. The van der Waals surface area contributed by atoms with Gasteiger partial charge in [-0.3, -0.25) is 4.79 Å². The molecule has 9 nitrogen and oxygen atoms in total. The number of carbonyl (C=O) groups excluding carboxylic acids is 2. The van der Waals surface area contributed by atoms with Crippen molar-refractivity contribution in [1.82, 2.24) is 9.21 Å². The van der Waals surface area contributed by atoms with E-state index in [2.05, 4.69) is 10.2 Å². The molecule has 1 fully saturated rings. The summed E-state index contributed by atoms with van der Waals surface area (Å²) in [5.74, 6) is 0.602. The number of ether oxygens (including phenoxy) is 2. The molecule has 1 unspecified atom stereocenters. The Hall–Kier alpha value is -3.11. The zero-order valence-electron chi connectivity index (χ0n) is 25.1. The molecule has 3 rings (SSSR count). The Balaban J connectivity index is 1.47. The Morgan fingerprint density at radius 2 is 1.62 bits per heavy atom. The van der Waals surface area contributed by atoms with Crippen LogP contribution in [-0.4, -0.2) is 77.9 Å². The van der Waals surface area contributed by atoms with E-state index in [1.165, 1.54) is 0 Å². The molecule has 1 saturated heterocycles. The molecule has 2 aromatic carbocycles. The van der Waals surface area contributed by atoms with E-state index in [0.29, 0.717) is 6.54 Å². The predicted octanol–water partition coefficient (Wildman–Crippen LogP) is 5.13. The van der Waals surface area contributed by atoms with Crippen molar-refractivity contribution in [2.24, 2.45) is 0 Å². The summed E-state index contributed by atoms with van der Waals surface area (Å²) in [6.45, 7) is 11.5. The van der Waals surface area contributed by atoms with E-state index in [-0.39, 0.29) is 24.5 Å². The lowest BCUT2D eigenvalue weighted by molar-refractivity contribution is -0.116. The molecule has 0 radical (unpaired) electrons. The number of methoxy groups -OCH3 is 1. The van der Waals surface area contributed by atoms with Gasteiger partial charge in [-0.25, -0.2) is 13.3 Å². The fourth-order valence-electron chi connectivity index (χ4n) is 4.77. The maximum absolute atomic E-state index is 13.1. The number of rotatable bonds is 9. The first kappa shape index (κ1) is 31.4. The summed E-state index contributed by atoms with van der Waals surface area (Å²) in [4.78, 5) is 29.8. The molecule has 10 heteroatoms. The average Bonchev–Trinajstić information content (AvgIpc) is 2.90. The topological polar surface area (TPSA) is 91.4 Å². The first-order valence-corrected chi connectivity index (χ1v) is 14.8. The molecule has 1 aliphatic heterocycles. The molecule has 1 atom stereocenters. The molecule has 0 aromatic heterocycles. The Kier molecular flexibility index (Phi) is 10.6. The van der Waals surface area contributed by atoms with Crippen LogP contribution in [0.15, 0.2) is 41.3 Å². The van der Waals surface area contributed by atoms with Gasteiger partial charge in [0.15, 0.2) is 0 Å². The number of hydrogen-bond donors (Lipinski definition) is 1. The minimum Gasteiger partial charge on any atom is -0.497 e. The second kappa shape index (κ2) is 13.5. The van der Waals surface area contributed by atoms with E-state index in [1.807, 2.05) is 78.1 Å². The molecule has 0 spiro atoms. The minimum absolute atomic E-state index is 0.134. The maximum atomic E-state index is 13.1. The Morgan fingerprint density at radius 3 is 2.15 bits per heavy atom. The highest BCUT2D eigenvalue weighted by Gasteiger charge is 2.28. The van der Waals surface area contributed by atoms with Gasteiger partial charge in [0.2, 0.25) is 5.91 Å². The number of piperidine rings is 1. The summed E-state index contributed by atoms with van der Waals surface area (Å²) in [6.07, 6.45) is 1.66. The Labute approximate surface area is 241 Å². The molecule has 1 N–H and O–H groups in total. The lowest BCUT2D eigenvalue weighted by Crippen LogP contribution is -2.47. The highest BCUT2D eigenvalue weighted by molar-refractivity contribution is 7.82. The van der Waals surface area contributed by atoms with Gasteiger partial charge in [-0.05, 0) is 95.0 Å². The highest BCUT2D eigenvalue weighted by atomic mass is 32.2. The summed E-state index contributed by atoms with van der Waals surface area (Å²) in [7, 11) is 3.80. The van der Waals surface area contributed by atoms with Gasteiger partial charge in [0.05, 0.1) is 12.0 Å². The van der Waals surface area contributed by atoms with Crippen molar-refractivity contribution in [2.75, 3.05) is 51.1 Å². The van der Waals surface area contributed by atoms with Crippen LogP contribution in [0.2, 0.25) is 0 Å². The van der Waals surface area contributed by atoms with Gasteiger partial charge >= 0.3 is 6.09 Å². The van der Waals surface area contributed by atoms with Crippen LogP contribution < -0.4 is 15.0 Å². The van der Waals surface area contributed by atoms with Crippen LogP contribution in [0, 0.1) is 13.8 Å². The molecule has 40 heavy (non-hydrogen) atoms. The van der Waals surface area contributed by atoms with Crippen molar-refractivity contribution >= 4 is 34.4 Å². The number of benzene rings is 2. The van der Waals surface area contributed by atoms with Crippen molar-refractivity contribution in [3.63, 3.8) is 0 Å². The van der Waals surface area contributed by atoms with Gasteiger partial charge in [0.25, 0.3) is 0 Å². The van der Waals surface area contributed by atoms with Gasteiger partial charge in [0.1, 0.15) is 22.3 Å². The second-order valence-electron chi connectivity index (χ2n) is 11.3. The molecular weight excluding hydrogens is 528 g/mol. The van der Waals surface area contributed by atoms with Gasteiger partial charge in [-0.1, -0.05) is 0 Å². The number of anilines is 2. The molecular formula is C30H44N4O5S. The van der Waals surface area contributed by atoms with Gasteiger partial charge < -0.3 is 24.6 Å². The van der Waals surface area contributed by atoms with Crippen molar-refractivity contribution in [2.45, 2.75) is 70.4 Å². The summed E-state index contributed by atoms with van der Waals surface area (Å²) in [5, 5.41) is 2.94. The van der Waals surface area contributed by atoms with E-state index in [4.69, 9.17) is 9.47 Å². The van der Waals surface area contributed by atoms with Crippen molar-refractivity contribution in [1.29, 1.82) is 0 Å². The van der Waals surface area contributed by atoms with Crippen molar-refractivity contribution < 1.29 is 23.3 Å². The van der Waals surface area contributed by atoms with Crippen molar-refractivity contribution in [3.8, 4) is 5.75 Å². The molecule has 0 aliphatic carbocycles. The van der Waals surface area contributed by atoms with Gasteiger partial charge in [0, 0.05) is 57.6 Å². The van der Waals surface area contributed by atoms with Crippen LogP contribution in [0.3, 0.4) is 0 Å². The molecule has 2 amide bonds. The number of nitrogens with zero attached hydrogens (tertiary/aromatic N) is 3. The SMILES string of the molecule is COc1cc(C)c(S(=O)N(C)CCC(=O)Nc2ccc(N3CCC(N(C)C(=O)OC(C)(C)C)CC3)cc2)c(C)c1. The number of hydrogen-bond acceptors (Lipinski definition) is 6. The quantitative estimate of drug-likeness (QED) is 0.448. The fraction of sp³-hybridized carbons (Fsp3) is 0.533. The first-order chi connectivity index (χ1) is 18.8. The third-order valence-electron chi connectivity index (χ3n) is 6.99. The van der Waals surface area contributed by atoms with E-state index >= 15 is 0 Å².